The lowest BCUT2D eigenvalue weighted by Crippen LogP contribution is -2.29. The maximum atomic E-state index is 12.4. The van der Waals surface area contributed by atoms with Crippen LogP contribution in [0, 0.1) is 0 Å². The van der Waals surface area contributed by atoms with Gasteiger partial charge in [-0.3, -0.25) is 4.79 Å². The number of carbonyl (C=O) groups is 1. The summed E-state index contributed by atoms with van der Waals surface area (Å²) >= 11 is 5.99. The van der Waals surface area contributed by atoms with Gasteiger partial charge in [-0.2, -0.15) is 0 Å². The minimum atomic E-state index is -0.190. The van der Waals surface area contributed by atoms with E-state index in [1.165, 1.54) is 0 Å². The van der Waals surface area contributed by atoms with Crippen LogP contribution in [0.3, 0.4) is 0 Å². The zero-order valence-corrected chi connectivity index (χ0v) is 12.3. The molecular formula is C17H16ClNO2. The molecule has 0 aliphatic carbocycles. The lowest BCUT2D eigenvalue weighted by Gasteiger charge is -2.16. The molecule has 1 aliphatic rings. The predicted octanol–water partition coefficient (Wildman–Crippen LogP) is 3.33. The lowest BCUT2D eigenvalue weighted by atomic mass is 10.1. The molecular weight excluding hydrogens is 286 g/mol. The third-order valence-corrected chi connectivity index (χ3v) is 3.92. The first kappa shape index (κ1) is 14.0. The van der Waals surface area contributed by atoms with E-state index in [0.29, 0.717) is 18.1 Å². The summed E-state index contributed by atoms with van der Waals surface area (Å²) in [5, 5.41) is 2.98. The van der Waals surface area contributed by atoms with Crippen LogP contribution < -0.4 is 10.1 Å². The highest BCUT2D eigenvalue weighted by Crippen LogP contribution is 2.26. The molecule has 2 aromatic carbocycles. The number of alkyl halides is 1. The van der Waals surface area contributed by atoms with Crippen molar-refractivity contribution in [2.45, 2.75) is 12.5 Å². The van der Waals surface area contributed by atoms with Gasteiger partial charge in [0.25, 0.3) is 5.91 Å². The van der Waals surface area contributed by atoms with E-state index in [1.807, 2.05) is 42.5 Å². The molecule has 0 fully saturated rings. The second-order valence-electron chi connectivity index (χ2n) is 5.01. The van der Waals surface area contributed by atoms with Crippen molar-refractivity contribution in [3.63, 3.8) is 0 Å². The first-order chi connectivity index (χ1) is 10.3. The monoisotopic (exact) mass is 301 g/mol. The number of ether oxygens (including phenoxy) is 1. The smallest absolute Gasteiger partial charge is 0.251 e. The Morgan fingerprint density at radius 2 is 2.05 bits per heavy atom. The van der Waals surface area contributed by atoms with Crippen LogP contribution in [0.5, 0.6) is 5.75 Å². The van der Waals surface area contributed by atoms with E-state index in [0.717, 1.165) is 23.3 Å². The fourth-order valence-electron chi connectivity index (χ4n) is 2.47. The number of halogens is 1. The Bertz CT molecular complexity index is 642. The van der Waals surface area contributed by atoms with E-state index in [1.54, 1.807) is 6.07 Å². The first-order valence-corrected chi connectivity index (χ1v) is 7.49. The summed E-state index contributed by atoms with van der Waals surface area (Å²) in [7, 11) is 0. The van der Waals surface area contributed by atoms with Crippen molar-refractivity contribution < 1.29 is 9.53 Å². The highest BCUT2D eigenvalue weighted by Gasteiger charge is 2.18. The van der Waals surface area contributed by atoms with Gasteiger partial charge in [0.05, 0.1) is 12.6 Å². The number of carbonyl (C=O) groups excluding carboxylic acids is 1. The van der Waals surface area contributed by atoms with E-state index in [-0.39, 0.29) is 11.9 Å². The Kier molecular flexibility index (Phi) is 4.11. The van der Waals surface area contributed by atoms with Gasteiger partial charge in [-0.25, -0.2) is 0 Å². The van der Waals surface area contributed by atoms with E-state index in [4.69, 9.17) is 16.3 Å². The Hall–Kier alpha value is -2.00. The molecule has 1 amide bonds. The summed E-state index contributed by atoms with van der Waals surface area (Å²) in [6.07, 6.45) is 0.855. The van der Waals surface area contributed by atoms with Crippen LogP contribution in [-0.4, -0.2) is 18.4 Å². The zero-order chi connectivity index (χ0) is 14.7. The Morgan fingerprint density at radius 1 is 1.24 bits per heavy atom. The van der Waals surface area contributed by atoms with Crippen LogP contribution in [0.4, 0.5) is 0 Å². The number of hydrogen-bond acceptors (Lipinski definition) is 2. The zero-order valence-electron chi connectivity index (χ0n) is 11.5. The fraction of sp³-hybridized carbons (Fsp3) is 0.235. The molecule has 0 saturated heterocycles. The first-order valence-electron chi connectivity index (χ1n) is 6.95. The third kappa shape index (κ3) is 3.03. The van der Waals surface area contributed by atoms with Crippen molar-refractivity contribution in [1.82, 2.24) is 5.32 Å². The molecule has 1 heterocycles. The number of hydrogen-bond donors (Lipinski definition) is 1. The normalized spacial score (nSPS) is 14.1. The van der Waals surface area contributed by atoms with Crippen molar-refractivity contribution >= 4 is 17.5 Å². The topological polar surface area (TPSA) is 38.3 Å². The molecule has 21 heavy (non-hydrogen) atoms. The van der Waals surface area contributed by atoms with Crippen molar-refractivity contribution in [3.8, 4) is 5.75 Å². The van der Waals surface area contributed by atoms with E-state index < -0.39 is 0 Å². The van der Waals surface area contributed by atoms with Crippen molar-refractivity contribution in [3.05, 3.63) is 65.2 Å². The summed E-state index contributed by atoms with van der Waals surface area (Å²) in [5.74, 6) is 1.10. The minimum Gasteiger partial charge on any atom is -0.493 e. The number of benzene rings is 2. The predicted molar refractivity (Wildman–Crippen MR) is 83.0 cm³/mol. The Balaban J connectivity index is 1.76. The molecule has 3 nitrogen and oxygen atoms in total. The van der Waals surface area contributed by atoms with Gasteiger partial charge in [-0.15, -0.1) is 11.6 Å². The van der Waals surface area contributed by atoms with E-state index >= 15 is 0 Å². The van der Waals surface area contributed by atoms with Gasteiger partial charge in [0.2, 0.25) is 0 Å². The number of fused-ring (bicyclic) bond motifs is 1. The molecule has 0 aromatic heterocycles. The van der Waals surface area contributed by atoms with Crippen LogP contribution in [0.25, 0.3) is 0 Å². The van der Waals surface area contributed by atoms with Gasteiger partial charge in [0.1, 0.15) is 5.75 Å². The third-order valence-electron chi connectivity index (χ3n) is 3.61. The highest BCUT2D eigenvalue weighted by molar-refractivity contribution is 6.18. The van der Waals surface area contributed by atoms with E-state index in [2.05, 4.69) is 5.32 Å². The van der Waals surface area contributed by atoms with Crippen LogP contribution in [0.2, 0.25) is 0 Å². The summed E-state index contributed by atoms with van der Waals surface area (Å²) < 4.78 is 5.45. The summed E-state index contributed by atoms with van der Waals surface area (Å²) in [6.45, 7) is 0.689. The molecule has 0 bridgehead atoms. The van der Waals surface area contributed by atoms with Gasteiger partial charge >= 0.3 is 0 Å². The van der Waals surface area contributed by atoms with Gasteiger partial charge in [0.15, 0.2) is 0 Å². The van der Waals surface area contributed by atoms with Gasteiger partial charge in [-0.1, -0.05) is 30.3 Å². The molecule has 4 heteroatoms. The van der Waals surface area contributed by atoms with Crippen LogP contribution in [0.15, 0.2) is 48.5 Å². The second kappa shape index (κ2) is 6.19. The van der Waals surface area contributed by atoms with Crippen molar-refractivity contribution in [2.75, 3.05) is 12.5 Å². The number of amides is 1. The minimum absolute atomic E-state index is 0.112. The molecule has 1 N–H and O–H groups in total. The molecule has 1 aliphatic heterocycles. The van der Waals surface area contributed by atoms with Gasteiger partial charge in [0, 0.05) is 17.9 Å². The standard InChI is InChI=1S/C17H16ClNO2/c18-11-15(12-4-2-1-3-5-12)19-17(20)14-6-7-16-13(10-14)8-9-21-16/h1-7,10,15H,8-9,11H2,(H,19,20). The average Bonchev–Trinajstić information content (AvgIpc) is 3.00. The molecule has 1 unspecified atom stereocenters. The SMILES string of the molecule is O=C(NC(CCl)c1ccccc1)c1ccc2c(c1)CCO2. The molecule has 108 valence electrons. The van der Waals surface area contributed by atoms with Crippen LogP contribution in [-0.2, 0) is 6.42 Å². The Morgan fingerprint density at radius 3 is 2.81 bits per heavy atom. The molecule has 0 saturated carbocycles. The summed E-state index contributed by atoms with van der Waals surface area (Å²) in [6, 6.07) is 15.1. The van der Waals surface area contributed by atoms with Gasteiger partial charge in [-0.05, 0) is 29.3 Å². The lowest BCUT2D eigenvalue weighted by molar-refractivity contribution is 0.0940. The molecule has 0 radical (unpaired) electrons. The van der Waals surface area contributed by atoms with Crippen LogP contribution >= 0.6 is 11.6 Å². The fourth-order valence-corrected chi connectivity index (χ4v) is 2.72. The maximum absolute atomic E-state index is 12.4. The van der Waals surface area contributed by atoms with Crippen molar-refractivity contribution in [2.24, 2.45) is 0 Å². The van der Waals surface area contributed by atoms with Gasteiger partial charge < -0.3 is 10.1 Å². The molecule has 0 spiro atoms. The largest absolute Gasteiger partial charge is 0.493 e. The number of nitrogens with one attached hydrogen (secondary N) is 1. The summed E-state index contributed by atoms with van der Waals surface area (Å²) in [5.41, 5.74) is 2.74. The number of rotatable bonds is 4. The second-order valence-corrected chi connectivity index (χ2v) is 5.32. The maximum Gasteiger partial charge on any atom is 0.251 e. The molecule has 3 rings (SSSR count). The summed E-state index contributed by atoms with van der Waals surface area (Å²) in [4.78, 5) is 12.4. The Labute approximate surface area is 128 Å². The molecule has 2 aromatic rings. The van der Waals surface area contributed by atoms with E-state index in [9.17, 15) is 4.79 Å². The van der Waals surface area contributed by atoms with Crippen molar-refractivity contribution in [1.29, 1.82) is 0 Å². The quantitative estimate of drug-likeness (QED) is 0.880. The highest BCUT2D eigenvalue weighted by atomic mass is 35.5. The molecule has 1 atom stereocenters. The van der Waals surface area contributed by atoms with Crippen LogP contribution in [0.1, 0.15) is 27.5 Å². The average molecular weight is 302 g/mol.